The predicted molar refractivity (Wildman–Crippen MR) is 66.9 cm³/mol. The van der Waals surface area contributed by atoms with Crippen LogP contribution in [0.25, 0.3) is 0 Å². The molecule has 0 atom stereocenters. The van der Waals surface area contributed by atoms with Gasteiger partial charge in [-0.15, -0.1) is 0 Å². The van der Waals surface area contributed by atoms with E-state index in [2.05, 4.69) is 0 Å². The normalized spacial score (nSPS) is 17.5. The Morgan fingerprint density at radius 1 is 1.71 bits per heavy atom. The van der Waals surface area contributed by atoms with E-state index in [4.69, 9.17) is 28.0 Å². The van der Waals surface area contributed by atoms with E-state index in [-0.39, 0.29) is 12.2 Å². The molecule has 0 radical (unpaired) electrons. The highest BCUT2D eigenvalue weighted by Gasteiger charge is 2.25. The zero-order valence-corrected chi connectivity index (χ0v) is 10.5. The van der Waals surface area contributed by atoms with Gasteiger partial charge in [0, 0.05) is 12.2 Å². The largest absolute Gasteiger partial charge is 0.462 e. The molecule has 6 heteroatoms. The maximum atomic E-state index is 11.6. The number of esters is 1. The summed E-state index contributed by atoms with van der Waals surface area (Å²) in [6.07, 6.45) is 1.58. The Balaban J connectivity index is 2.94. The molecule has 92 valence electrons. The molecule has 0 bridgehead atoms. The SMILES string of the molecule is CCOC(=O)/C(C#N)=C1/CCCN1CC(N)=S. The number of carbonyl (C=O) groups excluding carboxylic acids is 1. The number of nitrogens with zero attached hydrogens (tertiary/aromatic N) is 2. The van der Waals surface area contributed by atoms with Gasteiger partial charge in [-0.2, -0.15) is 5.26 Å². The van der Waals surface area contributed by atoms with Crippen molar-refractivity contribution < 1.29 is 9.53 Å². The van der Waals surface area contributed by atoms with E-state index in [1.54, 1.807) is 6.92 Å². The Labute approximate surface area is 106 Å². The number of ether oxygens (including phenoxy) is 1. The van der Waals surface area contributed by atoms with Gasteiger partial charge in [-0.3, -0.25) is 0 Å². The van der Waals surface area contributed by atoms with Crippen LogP contribution in [0.3, 0.4) is 0 Å². The first kappa shape index (κ1) is 13.5. The van der Waals surface area contributed by atoms with Gasteiger partial charge in [0.05, 0.1) is 18.1 Å². The molecule has 0 spiro atoms. The van der Waals surface area contributed by atoms with Crippen LogP contribution < -0.4 is 5.73 Å². The van der Waals surface area contributed by atoms with Crippen molar-refractivity contribution in [2.45, 2.75) is 19.8 Å². The van der Waals surface area contributed by atoms with Crippen LogP contribution in [0.1, 0.15) is 19.8 Å². The Morgan fingerprint density at radius 3 is 2.94 bits per heavy atom. The first-order valence-corrected chi connectivity index (χ1v) is 5.84. The summed E-state index contributed by atoms with van der Waals surface area (Å²) in [6.45, 7) is 3.12. The standard InChI is InChI=1S/C11H15N3O2S/c1-2-16-11(15)8(6-12)9-4-3-5-14(9)7-10(13)17/h2-5,7H2,1H3,(H2,13,17)/b9-8-. The van der Waals surface area contributed by atoms with Crippen molar-refractivity contribution in [3.8, 4) is 6.07 Å². The van der Waals surface area contributed by atoms with Crippen molar-refractivity contribution >= 4 is 23.2 Å². The Bertz CT molecular complexity index is 398. The lowest BCUT2D eigenvalue weighted by atomic mass is 10.2. The minimum absolute atomic E-state index is 0.0700. The molecule has 1 heterocycles. The van der Waals surface area contributed by atoms with Crippen LogP contribution in [0.5, 0.6) is 0 Å². The number of rotatable bonds is 4. The monoisotopic (exact) mass is 253 g/mol. The van der Waals surface area contributed by atoms with Crippen LogP contribution in [-0.4, -0.2) is 35.6 Å². The maximum Gasteiger partial charge on any atom is 0.350 e. The summed E-state index contributed by atoms with van der Waals surface area (Å²) in [5.74, 6) is -0.570. The third kappa shape index (κ3) is 3.43. The summed E-state index contributed by atoms with van der Waals surface area (Å²) in [5.41, 5.74) is 6.24. The van der Waals surface area contributed by atoms with Gasteiger partial charge in [-0.25, -0.2) is 4.79 Å². The smallest absolute Gasteiger partial charge is 0.350 e. The molecule has 0 unspecified atom stereocenters. The second-order valence-corrected chi connectivity index (χ2v) is 4.17. The summed E-state index contributed by atoms with van der Waals surface area (Å²) in [5, 5.41) is 9.04. The molecule has 0 aromatic heterocycles. The quantitative estimate of drug-likeness (QED) is 0.344. The van der Waals surface area contributed by atoms with Crippen LogP contribution >= 0.6 is 12.2 Å². The van der Waals surface area contributed by atoms with Crippen LogP contribution in [0.2, 0.25) is 0 Å². The molecular formula is C11H15N3O2S. The van der Waals surface area contributed by atoms with Gasteiger partial charge < -0.3 is 15.4 Å². The molecule has 1 aliphatic rings. The molecular weight excluding hydrogens is 238 g/mol. The van der Waals surface area contributed by atoms with Gasteiger partial charge in [0.2, 0.25) is 0 Å². The number of thiocarbonyl (C=S) groups is 1. The molecule has 5 nitrogen and oxygen atoms in total. The first-order chi connectivity index (χ1) is 8.10. The van der Waals surface area contributed by atoms with E-state index in [9.17, 15) is 4.79 Å². The first-order valence-electron chi connectivity index (χ1n) is 5.43. The molecule has 1 saturated heterocycles. The van der Waals surface area contributed by atoms with E-state index < -0.39 is 5.97 Å². The minimum Gasteiger partial charge on any atom is -0.462 e. The number of carbonyl (C=O) groups is 1. The second-order valence-electron chi connectivity index (χ2n) is 3.65. The van der Waals surface area contributed by atoms with Crippen molar-refractivity contribution in [2.75, 3.05) is 19.7 Å². The van der Waals surface area contributed by atoms with Crippen molar-refractivity contribution in [3.63, 3.8) is 0 Å². The Hall–Kier alpha value is -1.61. The van der Waals surface area contributed by atoms with Crippen molar-refractivity contribution in [3.05, 3.63) is 11.3 Å². The highest BCUT2D eigenvalue weighted by Crippen LogP contribution is 2.24. The van der Waals surface area contributed by atoms with Crippen molar-refractivity contribution in [2.24, 2.45) is 5.73 Å². The summed E-state index contributed by atoms with van der Waals surface area (Å²) in [7, 11) is 0. The van der Waals surface area contributed by atoms with Crippen LogP contribution in [0.4, 0.5) is 0 Å². The van der Waals surface area contributed by atoms with E-state index in [1.165, 1.54) is 0 Å². The Kier molecular flexibility index (Phi) is 4.91. The fourth-order valence-corrected chi connectivity index (χ4v) is 1.96. The predicted octanol–water partition coefficient (Wildman–Crippen LogP) is 0.709. The molecule has 0 aromatic carbocycles. The van der Waals surface area contributed by atoms with Gasteiger partial charge in [-0.05, 0) is 19.8 Å². The number of allylic oxidation sites excluding steroid dienone is 1. The molecule has 1 aliphatic heterocycles. The number of likely N-dealkylation sites (tertiary alicyclic amines) is 1. The van der Waals surface area contributed by atoms with Gasteiger partial charge in [0.1, 0.15) is 6.07 Å². The van der Waals surface area contributed by atoms with Crippen LogP contribution in [0, 0.1) is 11.3 Å². The fraction of sp³-hybridized carbons (Fsp3) is 0.545. The molecule has 0 amide bonds. The molecule has 17 heavy (non-hydrogen) atoms. The number of hydrogen-bond acceptors (Lipinski definition) is 5. The number of nitriles is 1. The van der Waals surface area contributed by atoms with Crippen molar-refractivity contribution in [1.82, 2.24) is 4.90 Å². The zero-order chi connectivity index (χ0) is 12.8. The fourth-order valence-electron chi connectivity index (χ4n) is 1.81. The van der Waals surface area contributed by atoms with Gasteiger partial charge >= 0.3 is 5.97 Å². The zero-order valence-electron chi connectivity index (χ0n) is 9.73. The van der Waals surface area contributed by atoms with E-state index in [0.717, 1.165) is 13.0 Å². The number of hydrogen-bond donors (Lipinski definition) is 1. The molecule has 0 aromatic rings. The summed E-state index contributed by atoms with van der Waals surface area (Å²) < 4.78 is 4.85. The molecule has 1 fully saturated rings. The Morgan fingerprint density at radius 2 is 2.41 bits per heavy atom. The minimum atomic E-state index is -0.570. The molecule has 1 rings (SSSR count). The highest BCUT2D eigenvalue weighted by molar-refractivity contribution is 7.80. The van der Waals surface area contributed by atoms with Crippen LogP contribution in [-0.2, 0) is 9.53 Å². The lowest BCUT2D eigenvalue weighted by molar-refractivity contribution is -0.138. The van der Waals surface area contributed by atoms with Gasteiger partial charge in [0.15, 0.2) is 5.57 Å². The average molecular weight is 253 g/mol. The van der Waals surface area contributed by atoms with E-state index in [1.807, 2.05) is 11.0 Å². The summed E-state index contributed by atoms with van der Waals surface area (Å²) >= 11 is 4.84. The second kappa shape index (κ2) is 6.21. The lowest BCUT2D eigenvalue weighted by Crippen LogP contribution is -2.30. The third-order valence-electron chi connectivity index (χ3n) is 2.45. The van der Waals surface area contributed by atoms with E-state index >= 15 is 0 Å². The maximum absolute atomic E-state index is 11.6. The van der Waals surface area contributed by atoms with Crippen LogP contribution in [0.15, 0.2) is 11.3 Å². The summed E-state index contributed by atoms with van der Waals surface area (Å²) in [6, 6.07) is 1.91. The third-order valence-corrected chi connectivity index (χ3v) is 2.58. The molecule has 0 aliphatic carbocycles. The molecule has 0 saturated carbocycles. The van der Waals surface area contributed by atoms with Gasteiger partial charge in [0.25, 0.3) is 0 Å². The highest BCUT2D eigenvalue weighted by atomic mass is 32.1. The van der Waals surface area contributed by atoms with Gasteiger partial charge in [-0.1, -0.05) is 12.2 Å². The van der Waals surface area contributed by atoms with Crippen molar-refractivity contribution in [1.29, 1.82) is 5.26 Å². The summed E-state index contributed by atoms with van der Waals surface area (Å²) in [4.78, 5) is 13.8. The van der Waals surface area contributed by atoms with E-state index in [0.29, 0.717) is 23.7 Å². The number of nitrogens with two attached hydrogens (primary N) is 1. The topological polar surface area (TPSA) is 79.4 Å². The lowest BCUT2D eigenvalue weighted by Gasteiger charge is -2.19. The average Bonchev–Trinajstić information content (AvgIpc) is 2.67. The molecule has 2 N–H and O–H groups in total.